The first kappa shape index (κ1) is 24.3. The van der Waals surface area contributed by atoms with Gasteiger partial charge in [-0.05, 0) is 42.7 Å². The second-order valence-electron chi connectivity index (χ2n) is 9.17. The predicted octanol–water partition coefficient (Wildman–Crippen LogP) is 3.86. The van der Waals surface area contributed by atoms with Gasteiger partial charge in [0.05, 0.1) is 43.9 Å². The molecule has 1 unspecified atom stereocenters. The monoisotopic (exact) mass is 492 g/mol. The van der Waals surface area contributed by atoms with Crippen molar-refractivity contribution in [2.75, 3.05) is 53.1 Å². The van der Waals surface area contributed by atoms with E-state index in [1.807, 2.05) is 24.3 Å². The zero-order chi connectivity index (χ0) is 25.1. The molecule has 0 bridgehead atoms. The topological polar surface area (TPSA) is 81.5 Å². The van der Waals surface area contributed by atoms with Crippen molar-refractivity contribution in [3.8, 4) is 11.5 Å². The fourth-order valence-electron chi connectivity index (χ4n) is 4.99. The van der Waals surface area contributed by atoms with E-state index >= 15 is 0 Å². The Labute approximate surface area is 210 Å². The van der Waals surface area contributed by atoms with Crippen molar-refractivity contribution in [3.63, 3.8) is 0 Å². The molecule has 36 heavy (non-hydrogen) atoms. The van der Waals surface area contributed by atoms with Crippen LogP contribution in [-0.4, -0.2) is 68.8 Å². The summed E-state index contributed by atoms with van der Waals surface area (Å²) in [4.78, 5) is 31.5. The lowest BCUT2D eigenvalue weighted by atomic mass is 9.98. The van der Waals surface area contributed by atoms with Gasteiger partial charge in [0.25, 0.3) is 5.91 Å². The number of carbonyl (C=O) groups is 1. The fraction of sp³-hybridized carbons (Fsp3) is 0.429. The van der Waals surface area contributed by atoms with E-state index in [2.05, 4.69) is 11.8 Å². The second-order valence-corrected chi connectivity index (χ2v) is 9.17. The van der Waals surface area contributed by atoms with Gasteiger partial charge in [-0.2, -0.15) is 0 Å². The van der Waals surface area contributed by atoms with E-state index in [1.165, 1.54) is 0 Å². The molecule has 1 aromatic heterocycles. The Hall–Kier alpha value is -3.36. The van der Waals surface area contributed by atoms with Crippen molar-refractivity contribution in [1.82, 2.24) is 9.80 Å². The Balaban J connectivity index is 1.53. The van der Waals surface area contributed by atoms with E-state index in [4.69, 9.17) is 18.6 Å². The maximum Gasteiger partial charge on any atom is 0.290 e. The van der Waals surface area contributed by atoms with Gasteiger partial charge >= 0.3 is 0 Å². The molecule has 0 aliphatic carbocycles. The summed E-state index contributed by atoms with van der Waals surface area (Å²) in [5, 5.41) is 0.431. The molecule has 2 aromatic carbocycles. The Morgan fingerprint density at radius 3 is 2.64 bits per heavy atom. The molecule has 2 aliphatic rings. The maximum atomic E-state index is 13.7. The highest BCUT2D eigenvalue weighted by Crippen LogP contribution is 2.39. The number of ether oxygens (including phenoxy) is 3. The van der Waals surface area contributed by atoms with Gasteiger partial charge in [-0.3, -0.25) is 14.5 Å². The standard InChI is InChI=1S/C28H32N2O6/c1-3-14-35-21-7-4-6-19(17-21)25-24-26(31)22-9-8-20(33-2)18-23(22)36-27(24)28(32)30(25)11-5-10-29-12-15-34-16-13-29/h4,6-9,17-18,25H,3,5,10-16H2,1-2H3. The average molecular weight is 493 g/mol. The molecule has 2 aliphatic heterocycles. The number of morpholine rings is 1. The minimum atomic E-state index is -0.537. The van der Waals surface area contributed by atoms with Crippen molar-refractivity contribution in [3.05, 3.63) is 69.6 Å². The van der Waals surface area contributed by atoms with Crippen molar-refractivity contribution >= 4 is 16.9 Å². The van der Waals surface area contributed by atoms with Gasteiger partial charge in [-0.25, -0.2) is 0 Å². The van der Waals surface area contributed by atoms with E-state index < -0.39 is 6.04 Å². The molecule has 8 heteroatoms. The van der Waals surface area contributed by atoms with Crippen LogP contribution >= 0.6 is 0 Å². The van der Waals surface area contributed by atoms with Gasteiger partial charge in [-0.1, -0.05) is 19.1 Å². The van der Waals surface area contributed by atoms with E-state index in [-0.39, 0.29) is 17.1 Å². The number of benzene rings is 2. The predicted molar refractivity (Wildman–Crippen MR) is 136 cm³/mol. The molecule has 8 nitrogen and oxygen atoms in total. The highest BCUT2D eigenvalue weighted by Gasteiger charge is 2.42. The molecule has 5 rings (SSSR count). The van der Waals surface area contributed by atoms with E-state index in [1.54, 1.807) is 30.2 Å². The number of hydrogen-bond acceptors (Lipinski definition) is 7. The van der Waals surface area contributed by atoms with Crippen molar-refractivity contribution in [2.24, 2.45) is 0 Å². The molecule has 1 amide bonds. The zero-order valence-electron chi connectivity index (χ0n) is 20.8. The average Bonchev–Trinajstić information content (AvgIpc) is 3.19. The molecule has 1 atom stereocenters. The number of nitrogens with zero attached hydrogens (tertiary/aromatic N) is 2. The Kier molecular flexibility index (Phi) is 7.25. The van der Waals surface area contributed by atoms with Crippen LogP contribution in [0.15, 0.2) is 51.7 Å². The normalized spacial score (nSPS) is 18.0. The zero-order valence-corrected chi connectivity index (χ0v) is 20.8. The highest BCUT2D eigenvalue weighted by atomic mass is 16.5. The Morgan fingerprint density at radius 2 is 1.86 bits per heavy atom. The fourth-order valence-corrected chi connectivity index (χ4v) is 4.99. The van der Waals surface area contributed by atoms with E-state index in [0.29, 0.717) is 35.4 Å². The van der Waals surface area contributed by atoms with Gasteiger partial charge in [0, 0.05) is 32.2 Å². The first-order chi connectivity index (χ1) is 17.6. The number of amides is 1. The van der Waals surface area contributed by atoms with Crippen LogP contribution in [0.1, 0.15) is 47.5 Å². The first-order valence-electron chi connectivity index (χ1n) is 12.6. The molecule has 0 N–H and O–H groups in total. The molecule has 3 heterocycles. The van der Waals surface area contributed by atoms with Gasteiger partial charge in [0.1, 0.15) is 17.1 Å². The van der Waals surface area contributed by atoms with Gasteiger partial charge < -0.3 is 23.5 Å². The van der Waals surface area contributed by atoms with Crippen molar-refractivity contribution < 1.29 is 23.4 Å². The number of carbonyl (C=O) groups excluding carboxylic acids is 1. The Bertz CT molecular complexity index is 1300. The Morgan fingerprint density at radius 1 is 1.03 bits per heavy atom. The van der Waals surface area contributed by atoms with Crippen molar-refractivity contribution in [1.29, 1.82) is 0 Å². The molecule has 0 saturated carbocycles. The number of hydrogen-bond donors (Lipinski definition) is 0. The molecule has 1 saturated heterocycles. The summed E-state index contributed by atoms with van der Waals surface area (Å²) in [5.41, 5.74) is 1.38. The van der Waals surface area contributed by atoms with Gasteiger partial charge in [-0.15, -0.1) is 0 Å². The smallest absolute Gasteiger partial charge is 0.290 e. The summed E-state index contributed by atoms with van der Waals surface area (Å²) >= 11 is 0. The van der Waals surface area contributed by atoms with Crippen LogP contribution in [0.3, 0.4) is 0 Å². The van der Waals surface area contributed by atoms with Crippen LogP contribution in [0.2, 0.25) is 0 Å². The minimum Gasteiger partial charge on any atom is -0.497 e. The lowest BCUT2D eigenvalue weighted by Gasteiger charge is -2.29. The SMILES string of the molecule is CCCOc1cccc(C2c3c(oc4cc(OC)ccc4c3=O)C(=O)N2CCCN2CCOCC2)c1. The van der Waals surface area contributed by atoms with Crippen LogP contribution < -0.4 is 14.9 Å². The summed E-state index contributed by atoms with van der Waals surface area (Å²) in [7, 11) is 1.55. The quantitative estimate of drug-likeness (QED) is 0.449. The van der Waals surface area contributed by atoms with Crippen LogP contribution in [-0.2, 0) is 4.74 Å². The molecule has 0 radical (unpaired) electrons. The third-order valence-corrected chi connectivity index (χ3v) is 6.80. The summed E-state index contributed by atoms with van der Waals surface area (Å²) in [6.45, 7) is 7.26. The highest BCUT2D eigenvalue weighted by molar-refractivity contribution is 5.99. The number of methoxy groups -OCH3 is 1. The number of fused-ring (bicyclic) bond motifs is 2. The summed E-state index contributed by atoms with van der Waals surface area (Å²) in [5.74, 6) is 1.13. The summed E-state index contributed by atoms with van der Waals surface area (Å²) < 4.78 is 22.7. The lowest BCUT2D eigenvalue weighted by molar-refractivity contribution is 0.0353. The lowest BCUT2D eigenvalue weighted by Crippen LogP contribution is -2.38. The molecule has 3 aromatic rings. The van der Waals surface area contributed by atoms with Crippen LogP contribution in [0.25, 0.3) is 11.0 Å². The van der Waals surface area contributed by atoms with Crippen LogP contribution in [0.5, 0.6) is 11.5 Å². The van der Waals surface area contributed by atoms with Crippen molar-refractivity contribution in [2.45, 2.75) is 25.8 Å². The molecule has 1 fully saturated rings. The maximum absolute atomic E-state index is 13.7. The largest absolute Gasteiger partial charge is 0.497 e. The number of rotatable bonds is 9. The third-order valence-electron chi connectivity index (χ3n) is 6.80. The molecule has 190 valence electrons. The van der Waals surface area contributed by atoms with E-state index in [0.717, 1.165) is 57.0 Å². The summed E-state index contributed by atoms with van der Waals surface area (Å²) in [6, 6.07) is 12.2. The van der Waals surface area contributed by atoms with Crippen LogP contribution in [0, 0.1) is 0 Å². The molecule has 0 spiro atoms. The third kappa shape index (κ3) is 4.70. The minimum absolute atomic E-state index is 0.108. The summed E-state index contributed by atoms with van der Waals surface area (Å²) in [6.07, 6.45) is 1.67. The molecular weight excluding hydrogens is 460 g/mol. The van der Waals surface area contributed by atoms with Gasteiger partial charge in [0.2, 0.25) is 5.76 Å². The van der Waals surface area contributed by atoms with Gasteiger partial charge in [0.15, 0.2) is 5.43 Å². The van der Waals surface area contributed by atoms with E-state index in [9.17, 15) is 9.59 Å². The van der Waals surface area contributed by atoms with Crippen LogP contribution in [0.4, 0.5) is 0 Å². The molecular formula is C28H32N2O6. The first-order valence-corrected chi connectivity index (χ1v) is 12.6. The second kappa shape index (κ2) is 10.7.